The van der Waals surface area contributed by atoms with E-state index in [2.05, 4.69) is 25.2 Å². The Morgan fingerprint density at radius 2 is 2.40 bits per heavy atom. The van der Waals surface area contributed by atoms with Gasteiger partial charge < -0.3 is 10.1 Å². The molecule has 1 aliphatic rings. The van der Waals surface area contributed by atoms with Crippen molar-refractivity contribution in [1.82, 2.24) is 5.32 Å². The first-order valence-corrected chi connectivity index (χ1v) is 5.69. The van der Waals surface area contributed by atoms with E-state index >= 15 is 0 Å². The maximum atomic E-state index is 11.1. The Kier molecular flexibility index (Phi) is 4.61. The van der Waals surface area contributed by atoms with Gasteiger partial charge in [0, 0.05) is 12.0 Å². The highest BCUT2D eigenvalue weighted by Crippen LogP contribution is 2.29. The summed E-state index contributed by atoms with van der Waals surface area (Å²) >= 11 is 5.42. The topological polar surface area (TPSA) is 38.3 Å². The van der Waals surface area contributed by atoms with Gasteiger partial charge in [0.25, 0.3) is 0 Å². The van der Waals surface area contributed by atoms with Crippen LogP contribution in [-0.4, -0.2) is 31.5 Å². The van der Waals surface area contributed by atoms with E-state index in [1.54, 1.807) is 0 Å². The Bertz CT molecular complexity index is 261. The molecule has 0 aromatic rings. The molecule has 1 amide bonds. The molecule has 4 heteroatoms. The molecule has 0 aromatic carbocycles. The van der Waals surface area contributed by atoms with Crippen molar-refractivity contribution >= 4 is 17.5 Å². The number of nitrogens with one attached hydrogen (secondary N) is 1. The number of rotatable bonds is 4. The van der Waals surface area contributed by atoms with E-state index in [0.717, 1.165) is 13.0 Å². The Labute approximate surface area is 95.8 Å². The van der Waals surface area contributed by atoms with Crippen LogP contribution in [0.3, 0.4) is 0 Å². The fourth-order valence-electron chi connectivity index (χ4n) is 1.62. The number of ether oxygens (including phenoxy) is 1. The SMILES string of the molecule is CC(C)(CNC(=O)CCl)C1=CCOCC1. The van der Waals surface area contributed by atoms with E-state index in [-0.39, 0.29) is 17.2 Å². The van der Waals surface area contributed by atoms with Crippen LogP contribution >= 0.6 is 11.6 Å². The zero-order chi connectivity index (χ0) is 11.3. The molecule has 0 aromatic heterocycles. The van der Waals surface area contributed by atoms with E-state index in [1.807, 2.05) is 0 Å². The summed E-state index contributed by atoms with van der Waals surface area (Å²) in [6, 6.07) is 0. The molecule has 1 N–H and O–H groups in total. The Morgan fingerprint density at radius 3 is 2.93 bits per heavy atom. The lowest BCUT2D eigenvalue weighted by atomic mass is 9.81. The largest absolute Gasteiger partial charge is 0.377 e. The standard InChI is InChI=1S/C11H18ClNO2/c1-11(2,8-13-10(14)7-12)9-3-5-15-6-4-9/h3H,4-8H2,1-2H3,(H,13,14). The van der Waals surface area contributed by atoms with Gasteiger partial charge in [0.15, 0.2) is 0 Å². The number of alkyl halides is 1. The van der Waals surface area contributed by atoms with Crippen LogP contribution in [0.15, 0.2) is 11.6 Å². The van der Waals surface area contributed by atoms with E-state index in [9.17, 15) is 4.79 Å². The van der Waals surface area contributed by atoms with Crippen LogP contribution in [0.1, 0.15) is 20.3 Å². The molecular formula is C11H18ClNO2. The molecule has 0 spiro atoms. The van der Waals surface area contributed by atoms with Gasteiger partial charge in [0.05, 0.1) is 13.2 Å². The van der Waals surface area contributed by atoms with Gasteiger partial charge in [0.1, 0.15) is 5.88 Å². The van der Waals surface area contributed by atoms with Crippen molar-refractivity contribution in [2.75, 3.05) is 25.6 Å². The normalized spacial score (nSPS) is 17.1. The fourth-order valence-corrected chi connectivity index (χ4v) is 1.72. The van der Waals surface area contributed by atoms with Gasteiger partial charge in [-0.1, -0.05) is 25.5 Å². The average molecular weight is 232 g/mol. The minimum Gasteiger partial charge on any atom is -0.377 e. The summed E-state index contributed by atoms with van der Waals surface area (Å²) in [5, 5.41) is 2.82. The predicted molar refractivity (Wildman–Crippen MR) is 61.0 cm³/mol. The number of carbonyl (C=O) groups is 1. The van der Waals surface area contributed by atoms with Crippen LogP contribution in [0.2, 0.25) is 0 Å². The maximum absolute atomic E-state index is 11.1. The highest BCUT2D eigenvalue weighted by molar-refractivity contribution is 6.27. The summed E-state index contributed by atoms with van der Waals surface area (Å²) in [6.07, 6.45) is 3.06. The molecule has 1 heterocycles. The second-order valence-corrected chi connectivity index (χ2v) is 4.62. The quantitative estimate of drug-likeness (QED) is 0.591. The maximum Gasteiger partial charge on any atom is 0.234 e. The lowest BCUT2D eigenvalue weighted by molar-refractivity contribution is -0.119. The molecule has 0 unspecified atom stereocenters. The van der Waals surface area contributed by atoms with Crippen molar-refractivity contribution in [3.8, 4) is 0 Å². The second-order valence-electron chi connectivity index (χ2n) is 4.35. The number of hydrogen-bond acceptors (Lipinski definition) is 2. The summed E-state index contributed by atoms with van der Waals surface area (Å²) in [7, 11) is 0. The minimum absolute atomic E-state index is 0.00843. The zero-order valence-electron chi connectivity index (χ0n) is 9.31. The third-order valence-corrected chi connectivity index (χ3v) is 2.92. The molecule has 0 atom stereocenters. The van der Waals surface area contributed by atoms with Gasteiger partial charge in [-0.2, -0.15) is 0 Å². The molecule has 15 heavy (non-hydrogen) atoms. The molecule has 0 fully saturated rings. The molecule has 0 saturated heterocycles. The number of amides is 1. The van der Waals surface area contributed by atoms with Crippen LogP contribution in [0, 0.1) is 5.41 Å². The summed E-state index contributed by atoms with van der Waals surface area (Å²) in [5.74, 6) is -0.0875. The monoisotopic (exact) mass is 231 g/mol. The van der Waals surface area contributed by atoms with E-state index in [1.165, 1.54) is 5.57 Å². The van der Waals surface area contributed by atoms with Crippen molar-refractivity contribution in [3.63, 3.8) is 0 Å². The molecular weight excluding hydrogens is 214 g/mol. The number of carbonyl (C=O) groups excluding carboxylic acids is 1. The zero-order valence-corrected chi connectivity index (χ0v) is 10.1. The molecule has 1 aliphatic heterocycles. The van der Waals surface area contributed by atoms with E-state index in [4.69, 9.17) is 16.3 Å². The Morgan fingerprint density at radius 1 is 1.67 bits per heavy atom. The highest BCUT2D eigenvalue weighted by atomic mass is 35.5. The summed E-state index contributed by atoms with van der Waals surface area (Å²) in [5.41, 5.74) is 1.34. The van der Waals surface area contributed by atoms with Crippen LogP contribution in [0.5, 0.6) is 0 Å². The highest BCUT2D eigenvalue weighted by Gasteiger charge is 2.24. The van der Waals surface area contributed by atoms with Gasteiger partial charge in [-0.3, -0.25) is 4.79 Å². The molecule has 0 bridgehead atoms. The van der Waals surface area contributed by atoms with Crippen molar-refractivity contribution in [3.05, 3.63) is 11.6 Å². The Balaban J connectivity index is 2.50. The van der Waals surface area contributed by atoms with Crippen molar-refractivity contribution in [2.45, 2.75) is 20.3 Å². The van der Waals surface area contributed by atoms with Gasteiger partial charge >= 0.3 is 0 Å². The van der Waals surface area contributed by atoms with Crippen LogP contribution in [-0.2, 0) is 9.53 Å². The third kappa shape index (κ3) is 3.84. The molecule has 86 valence electrons. The molecule has 0 radical (unpaired) electrons. The van der Waals surface area contributed by atoms with Crippen molar-refractivity contribution < 1.29 is 9.53 Å². The van der Waals surface area contributed by atoms with Crippen molar-refractivity contribution in [2.24, 2.45) is 5.41 Å². The summed E-state index contributed by atoms with van der Waals surface area (Å²) in [4.78, 5) is 11.1. The van der Waals surface area contributed by atoms with Crippen LogP contribution < -0.4 is 5.32 Å². The first-order chi connectivity index (χ1) is 7.06. The Hall–Kier alpha value is -0.540. The van der Waals surface area contributed by atoms with Crippen molar-refractivity contribution in [1.29, 1.82) is 0 Å². The second kappa shape index (κ2) is 5.52. The van der Waals surface area contributed by atoms with Gasteiger partial charge in [-0.25, -0.2) is 0 Å². The minimum atomic E-state index is -0.114. The van der Waals surface area contributed by atoms with Crippen LogP contribution in [0.4, 0.5) is 0 Å². The summed E-state index contributed by atoms with van der Waals surface area (Å²) < 4.78 is 5.26. The first kappa shape index (κ1) is 12.5. The van der Waals surface area contributed by atoms with Crippen LogP contribution in [0.25, 0.3) is 0 Å². The number of halogens is 1. The smallest absolute Gasteiger partial charge is 0.234 e. The number of hydrogen-bond donors (Lipinski definition) is 1. The molecule has 1 rings (SSSR count). The average Bonchev–Trinajstić information content (AvgIpc) is 2.27. The fraction of sp³-hybridized carbons (Fsp3) is 0.727. The predicted octanol–water partition coefficient (Wildman–Crippen LogP) is 1.71. The third-order valence-electron chi connectivity index (χ3n) is 2.68. The lowest BCUT2D eigenvalue weighted by Gasteiger charge is -2.30. The van der Waals surface area contributed by atoms with Gasteiger partial charge in [-0.05, 0) is 6.42 Å². The van der Waals surface area contributed by atoms with Gasteiger partial charge in [0.2, 0.25) is 5.91 Å². The lowest BCUT2D eigenvalue weighted by Crippen LogP contribution is -2.36. The first-order valence-electron chi connectivity index (χ1n) is 5.16. The summed E-state index contributed by atoms with van der Waals surface area (Å²) in [6.45, 7) is 6.34. The van der Waals surface area contributed by atoms with E-state index in [0.29, 0.717) is 13.2 Å². The van der Waals surface area contributed by atoms with Gasteiger partial charge in [-0.15, -0.1) is 11.6 Å². The molecule has 0 aliphatic carbocycles. The van der Waals surface area contributed by atoms with E-state index < -0.39 is 0 Å². The molecule has 0 saturated carbocycles. The molecule has 3 nitrogen and oxygen atoms in total.